The highest BCUT2D eigenvalue weighted by molar-refractivity contribution is 5.79. The molecular formula is C15H20FNO. The minimum Gasteiger partial charge on any atom is -0.309 e. The highest BCUT2D eigenvalue weighted by atomic mass is 19.1. The van der Waals surface area contributed by atoms with Crippen LogP contribution >= 0.6 is 0 Å². The second kappa shape index (κ2) is 5.19. The molecule has 1 aliphatic carbocycles. The summed E-state index contributed by atoms with van der Waals surface area (Å²) in [7, 11) is 4.05. The van der Waals surface area contributed by atoms with Crippen molar-refractivity contribution >= 4 is 5.78 Å². The molecular weight excluding hydrogens is 229 g/mol. The van der Waals surface area contributed by atoms with E-state index >= 15 is 0 Å². The first-order valence-electron chi connectivity index (χ1n) is 6.44. The van der Waals surface area contributed by atoms with Crippen molar-refractivity contribution in [2.24, 2.45) is 0 Å². The first kappa shape index (κ1) is 13.2. The fraction of sp³-hybridized carbons (Fsp3) is 0.533. The Labute approximate surface area is 108 Å². The summed E-state index contributed by atoms with van der Waals surface area (Å²) in [4.78, 5) is 13.6. The van der Waals surface area contributed by atoms with Gasteiger partial charge in [-0.2, -0.15) is 0 Å². The smallest absolute Gasteiger partial charge is 0.132 e. The maximum absolute atomic E-state index is 13.4. The van der Waals surface area contributed by atoms with Gasteiger partial charge in [-0.15, -0.1) is 0 Å². The van der Waals surface area contributed by atoms with E-state index in [9.17, 15) is 9.18 Å². The lowest BCUT2D eigenvalue weighted by atomic mass is 9.69. The molecule has 1 fully saturated rings. The molecule has 2 nitrogen and oxygen atoms in total. The zero-order valence-corrected chi connectivity index (χ0v) is 11.1. The van der Waals surface area contributed by atoms with Gasteiger partial charge in [0.1, 0.15) is 11.6 Å². The number of hydrogen-bond acceptors (Lipinski definition) is 2. The lowest BCUT2D eigenvalue weighted by Crippen LogP contribution is -2.41. The van der Waals surface area contributed by atoms with Crippen LogP contribution in [-0.4, -0.2) is 31.3 Å². The molecule has 2 rings (SSSR count). The summed E-state index contributed by atoms with van der Waals surface area (Å²) in [5, 5.41) is 0. The summed E-state index contributed by atoms with van der Waals surface area (Å²) in [5.74, 6) is 0.142. The van der Waals surface area contributed by atoms with Crippen molar-refractivity contribution in [3.05, 3.63) is 35.6 Å². The van der Waals surface area contributed by atoms with Crippen LogP contribution in [0, 0.1) is 5.82 Å². The monoisotopic (exact) mass is 249 g/mol. The number of nitrogens with zero attached hydrogens (tertiary/aromatic N) is 1. The highest BCUT2D eigenvalue weighted by Crippen LogP contribution is 2.38. The second-order valence-corrected chi connectivity index (χ2v) is 5.57. The number of halogens is 1. The van der Waals surface area contributed by atoms with Gasteiger partial charge in [-0.1, -0.05) is 12.1 Å². The fourth-order valence-electron chi connectivity index (χ4n) is 2.97. The van der Waals surface area contributed by atoms with Crippen molar-refractivity contribution in [1.82, 2.24) is 4.90 Å². The van der Waals surface area contributed by atoms with E-state index in [1.165, 1.54) is 6.07 Å². The summed E-state index contributed by atoms with van der Waals surface area (Å²) < 4.78 is 13.4. The Bertz CT molecular complexity index is 432. The van der Waals surface area contributed by atoms with E-state index < -0.39 is 0 Å². The van der Waals surface area contributed by atoms with Gasteiger partial charge in [-0.05, 0) is 44.6 Å². The van der Waals surface area contributed by atoms with Crippen LogP contribution < -0.4 is 0 Å². The predicted molar refractivity (Wildman–Crippen MR) is 70.1 cm³/mol. The summed E-state index contributed by atoms with van der Waals surface area (Å²) in [6.07, 6.45) is 2.88. The van der Waals surface area contributed by atoms with Crippen LogP contribution in [0.15, 0.2) is 24.3 Å². The number of carbonyl (C=O) groups is 1. The Balaban J connectivity index is 2.32. The Morgan fingerprint density at radius 3 is 2.50 bits per heavy atom. The van der Waals surface area contributed by atoms with Gasteiger partial charge >= 0.3 is 0 Å². The highest BCUT2D eigenvalue weighted by Gasteiger charge is 2.36. The SMILES string of the molecule is CN(C)CC1(c2cccc(F)c2)CCC(=O)CC1. The number of rotatable bonds is 3. The zero-order chi connectivity index (χ0) is 13.2. The van der Waals surface area contributed by atoms with Crippen molar-refractivity contribution in [1.29, 1.82) is 0 Å². The number of hydrogen-bond donors (Lipinski definition) is 0. The fourth-order valence-corrected chi connectivity index (χ4v) is 2.97. The lowest BCUT2D eigenvalue weighted by molar-refractivity contribution is -0.121. The van der Waals surface area contributed by atoms with Gasteiger partial charge in [0, 0.05) is 24.8 Å². The minimum absolute atomic E-state index is 0.0699. The van der Waals surface area contributed by atoms with Crippen LogP contribution in [0.2, 0.25) is 0 Å². The van der Waals surface area contributed by atoms with Crippen molar-refractivity contribution in [3.63, 3.8) is 0 Å². The molecule has 98 valence electrons. The van der Waals surface area contributed by atoms with Gasteiger partial charge in [0.25, 0.3) is 0 Å². The molecule has 18 heavy (non-hydrogen) atoms. The molecule has 0 spiro atoms. The maximum Gasteiger partial charge on any atom is 0.132 e. The van der Waals surface area contributed by atoms with Crippen molar-refractivity contribution < 1.29 is 9.18 Å². The predicted octanol–water partition coefficient (Wildman–Crippen LogP) is 2.77. The Kier molecular flexibility index (Phi) is 3.81. The van der Waals surface area contributed by atoms with Gasteiger partial charge in [0.15, 0.2) is 0 Å². The van der Waals surface area contributed by atoms with E-state index in [0.29, 0.717) is 18.6 Å². The Morgan fingerprint density at radius 2 is 1.94 bits per heavy atom. The first-order valence-corrected chi connectivity index (χ1v) is 6.44. The van der Waals surface area contributed by atoms with E-state index in [1.54, 1.807) is 12.1 Å². The number of benzene rings is 1. The standard InChI is InChI=1S/C15H20FNO/c1-17(2)11-15(8-6-14(18)7-9-15)12-4-3-5-13(16)10-12/h3-5,10H,6-9,11H2,1-2H3. The zero-order valence-electron chi connectivity index (χ0n) is 11.1. The number of Topliss-reactive ketones (excluding diaryl/α,β-unsaturated/α-hetero) is 1. The third-order valence-corrected chi connectivity index (χ3v) is 3.82. The van der Waals surface area contributed by atoms with Crippen molar-refractivity contribution in [3.8, 4) is 0 Å². The molecule has 0 N–H and O–H groups in total. The molecule has 0 bridgehead atoms. The van der Waals surface area contributed by atoms with Gasteiger partial charge in [0.2, 0.25) is 0 Å². The van der Waals surface area contributed by atoms with Crippen LogP contribution in [0.3, 0.4) is 0 Å². The van der Waals surface area contributed by atoms with Gasteiger partial charge in [-0.3, -0.25) is 4.79 Å². The topological polar surface area (TPSA) is 20.3 Å². The van der Waals surface area contributed by atoms with Crippen molar-refractivity contribution in [2.75, 3.05) is 20.6 Å². The second-order valence-electron chi connectivity index (χ2n) is 5.57. The van der Waals surface area contributed by atoms with Crippen LogP contribution in [0.4, 0.5) is 4.39 Å². The van der Waals surface area contributed by atoms with Crippen LogP contribution in [0.1, 0.15) is 31.2 Å². The summed E-state index contributed by atoms with van der Waals surface area (Å²) in [5.41, 5.74) is 0.961. The number of ketones is 1. The van der Waals surface area contributed by atoms with Crippen LogP contribution in [0.25, 0.3) is 0 Å². The van der Waals surface area contributed by atoms with Crippen LogP contribution in [0.5, 0.6) is 0 Å². The van der Waals surface area contributed by atoms with E-state index in [0.717, 1.165) is 24.9 Å². The summed E-state index contributed by atoms with van der Waals surface area (Å²) >= 11 is 0. The number of likely N-dealkylation sites (N-methyl/N-ethyl adjacent to an activating group) is 1. The molecule has 1 aromatic carbocycles. The molecule has 1 saturated carbocycles. The molecule has 0 heterocycles. The third kappa shape index (κ3) is 2.78. The largest absolute Gasteiger partial charge is 0.309 e. The van der Waals surface area contributed by atoms with E-state index in [2.05, 4.69) is 4.90 Å². The maximum atomic E-state index is 13.4. The molecule has 0 amide bonds. The minimum atomic E-state index is -0.192. The molecule has 0 radical (unpaired) electrons. The third-order valence-electron chi connectivity index (χ3n) is 3.82. The average molecular weight is 249 g/mol. The Morgan fingerprint density at radius 1 is 1.28 bits per heavy atom. The number of carbonyl (C=O) groups excluding carboxylic acids is 1. The molecule has 1 aromatic rings. The van der Waals surface area contributed by atoms with E-state index in [4.69, 9.17) is 0 Å². The Hall–Kier alpha value is -1.22. The van der Waals surface area contributed by atoms with Gasteiger partial charge in [-0.25, -0.2) is 4.39 Å². The van der Waals surface area contributed by atoms with E-state index in [-0.39, 0.29) is 11.2 Å². The molecule has 1 aliphatic rings. The molecule has 0 aromatic heterocycles. The van der Waals surface area contributed by atoms with Crippen molar-refractivity contribution in [2.45, 2.75) is 31.1 Å². The molecule has 3 heteroatoms. The van der Waals surface area contributed by atoms with Gasteiger partial charge < -0.3 is 4.90 Å². The molecule has 0 saturated heterocycles. The molecule has 0 atom stereocenters. The average Bonchev–Trinajstić information content (AvgIpc) is 2.32. The van der Waals surface area contributed by atoms with Gasteiger partial charge in [0.05, 0.1) is 0 Å². The van der Waals surface area contributed by atoms with Crippen LogP contribution in [-0.2, 0) is 10.2 Å². The molecule has 0 unspecified atom stereocenters. The van der Waals surface area contributed by atoms with E-state index in [1.807, 2.05) is 20.2 Å². The normalized spacial score (nSPS) is 19.2. The lowest BCUT2D eigenvalue weighted by Gasteiger charge is -2.39. The molecule has 0 aliphatic heterocycles. The summed E-state index contributed by atoms with van der Waals surface area (Å²) in [6, 6.07) is 6.85. The quantitative estimate of drug-likeness (QED) is 0.821. The first-order chi connectivity index (χ1) is 8.52. The summed E-state index contributed by atoms with van der Waals surface area (Å²) in [6.45, 7) is 0.865.